The number of nitrogens with zero attached hydrogens (tertiary/aromatic N) is 1. The summed E-state index contributed by atoms with van der Waals surface area (Å²) in [5, 5.41) is 0. The van der Waals surface area contributed by atoms with Crippen LogP contribution in [0.1, 0.15) is 24.4 Å². The van der Waals surface area contributed by atoms with Crippen molar-refractivity contribution in [2.45, 2.75) is 23.8 Å². The number of carbonyl (C=O) groups excluding carboxylic acids is 2. The lowest BCUT2D eigenvalue weighted by Crippen LogP contribution is -2.42. The molecule has 2 rings (SSSR count). The minimum atomic E-state index is -0.427. The van der Waals surface area contributed by atoms with Gasteiger partial charge in [0.25, 0.3) is 0 Å². The first kappa shape index (κ1) is 14.1. The van der Waals surface area contributed by atoms with Gasteiger partial charge in [0.05, 0.1) is 0 Å². The van der Waals surface area contributed by atoms with Gasteiger partial charge in [0, 0.05) is 30.8 Å². The van der Waals surface area contributed by atoms with Crippen molar-refractivity contribution < 1.29 is 9.59 Å². The Hall–Kier alpha value is -1.33. The number of rotatable bonds is 4. The highest BCUT2D eigenvalue weighted by molar-refractivity contribution is 7.98. The van der Waals surface area contributed by atoms with Gasteiger partial charge in [-0.25, -0.2) is 0 Å². The van der Waals surface area contributed by atoms with Crippen LogP contribution in [0, 0.1) is 0 Å². The summed E-state index contributed by atoms with van der Waals surface area (Å²) in [7, 11) is 0. The van der Waals surface area contributed by atoms with E-state index in [9.17, 15) is 9.59 Å². The number of thioether (sulfide) groups is 1. The largest absolute Gasteiger partial charge is 0.368 e. The Kier molecular flexibility index (Phi) is 4.61. The molecule has 0 radical (unpaired) electrons. The second-order valence-electron chi connectivity index (χ2n) is 4.65. The Morgan fingerprint density at radius 2 is 1.84 bits per heavy atom. The Morgan fingerprint density at radius 3 is 2.32 bits per heavy atom. The second-order valence-corrected chi connectivity index (χ2v) is 5.53. The number of piperidine rings is 1. The summed E-state index contributed by atoms with van der Waals surface area (Å²) in [5.74, 6) is -0.0940. The molecule has 0 spiro atoms. The first-order chi connectivity index (χ1) is 9.11. The highest BCUT2D eigenvalue weighted by Crippen LogP contribution is 2.25. The molecule has 19 heavy (non-hydrogen) atoms. The van der Waals surface area contributed by atoms with E-state index in [2.05, 4.69) is 0 Å². The molecule has 1 fully saturated rings. The number of nitrogens with two attached hydrogens (primary N) is 1. The van der Waals surface area contributed by atoms with E-state index in [0.29, 0.717) is 25.9 Å². The maximum absolute atomic E-state index is 11.7. The van der Waals surface area contributed by atoms with E-state index >= 15 is 0 Å². The van der Waals surface area contributed by atoms with Gasteiger partial charge < -0.3 is 5.73 Å². The van der Waals surface area contributed by atoms with Gasteiger partial charge in [0.1, 0.15) is 11.8 Å². The van der Waals surface area contributed by atoms with Crippen LogP contribution in [0.2, 0.25) is 0 Å². The van der Waals surface area contributed by atoms with E-state index in [4.69, 9.17) is 5.73 Å². The summed E-state index contributed by atoms with van der Waals surface area (Å²) in [6.45, 7) is 1.22. The van der Waals surface area contributed by atoms with Crippen LogP contribution in [0.4, 0.5) is 0 Å². The van der Waals surface area contributed by atoms with Crippen LogP contribution in [0.25, 0.3) is 0 Å². The standard InChI is InChI=1S/C14H18N2O2S/c1-19-12-4-2-10(3-5-12)13(14(15)18)16-8-6-11(17)7-9-16/h2-5,13H,6-9H2,1H3,(H2,15,18). The number of Topliss-reactive ketones (excluding diaryl/α,β-unsaturated/α-hetero) is 1. The Labute approximate surface area is 117 Å². The fraction of sp³-hybridized carbons (Fsp3) is 0.429. The smallest absolute Gasteiger partial charge is 0.239 e. The lowest BCUT2D eigenvalue weighted by atomic mass is 10.0. The maximum atomic E-state index is 11.7. The van der Waals surface area contributed by atoms with Gasteiger partial charge in [-0.1, -0.05) is 12.1 Å². The lowest BCUT2D eigenvalue weighted by Gasteiger charge is -2.32. The van der Waals surface area contributed by atoms with Crippen LogP contribution >= 0.6 is 11.8 Å². The van der Waals surface area contributed by atoms with Gasteiger partial charge >= 0.3 is 0 Å². The quantitative estimate of drug-likeness (QED) is 0.850. The molecule has 5 heteroatoms. The maximum Gasteiger partial charge on any atom is 0.239 e. The van der Waals surface area contributed by atoms with Crippen LogP contribution in [0.5, 0.6) is 0 Å². The monoisotopic (exact) mass is 278 g/mol. The molecule has 102 valence electrons. The number of amides is 1. The molecule has 0 aromatic heterocycles. The highest BCUT2D eigenvalue weighted by atomic mass is 32.2. The molecular weight excluding hydrogens is 260 g/mol. The zero-order valence-corrected chi connectivity index (χ0v) is 11.8. The van der Waals surface area contributed by atoms with Crippen molar-refractivity contribution in [1.82, 2.24) is 4.90 Å². The van der Waals surface area contributed by atoms with Gasteiger partial charge in [-0.2, -0.15) is 0 Å². The van der Waals surface area contributed by atoms with Gasteiger partial charge in [0.2, 0.25) is 5.91 Å². The summed E-state index contributed by atoms with van der Waals surface area (Å²) in [6.07, 6.45) is 3.02. The summed E-state index contributed by atoms with van der Waals surface area (Å²) >= 11 is 1.66. The molecule has 1 aromatic carbocycles. The third-order valence-corrected chi connectivity index (χ3v) is 4.17. The van der Waals surface area contributed by atoms with E-state index < -0.39 is 6.04 Å². The zero-order chi connectivity index (χ0) is 13.8. The molecule has 0 aliphatic carbocycles. The number of hydrogen-bond acceptors (Lipinski definition) is 4. The Balaban J connectivity index is 2.19. The van der Waals surface area contributed by atoms with E-state index in [0.717, 1.165) is 10.5 Å². The molecular formula is C14H18N2O2S. The third-order valence-electron chi connectivity index (χ3n) is 3.42. The molecule has 0 bridgehead atoms. The van der Waals surface area contributed by atoms with Crippen LogP contribution < -0.4 is 5.73 Å². The number of primary amides is 1. The Bertz CT molecular complexity index is 463. The van der Waals surface area contributed by atoms with Crippen molar-refractivity contribution in [2.24, 2.45) is 5.73 Å². The fourth-order valence-electron chi connectivity index (χ4n) is 2.37. The van der Waals surface area contributed by atoms with E-state index in [1.54, 1.807) is 11.8 Å². The molecule has 1 aromatic rings. The number of ketones is 1. The van der Waals surface area contributed by atoms with Gasteiger partial charge in [0.15, 0.2) is 0 Å². The van der Waals surface area contributed by atoms with Crippen molar-refractivity contribution in [3.63, 3.8) is 0 Å². The van der Waals surface area contributed by atoms with Crippen LogP contribution in [0.15, 0.2) is 29.2 Å². The van der Waals surface area contributed by atoms with Gasteiger partial charge in [-0.15, -0.1) is 11.8 Å². The molecule has 0 saturated carbocycles. The molecule has 1 saturated heterocycles. The number of hydrogen-bond donors (Lipinski definition) is 1. The second kappa shape index (κ2) is 6.21. The first-order valence-electron chi connectivity index (χ1n) is 6.31. The van der Waals surface area contributed by atoms with Gasteiger partial charge in [-0.3, -0.25) is 14.5 Å². The van der Waals surface area contributed by atoms with Crippen molar-refractivity contribution in [3.8, 4) is 0 Å². The van der Waals surface area contributed by atoms with Crippen LogP contribution in [0.3, 0.4) is 0 Å². The summed E-state index contributed by atoms with van der Waals surface area (Å²) < 4.78 is 0. The fourth-order valence-corrected chi connectivity index (χ4v) is 2.78. The van der Waals surface area contributed by atoms with E-state index in [-0.39, 0.29) is 11.7 Å². The molecule has 2 N–H and O–H groups in total. The van der Waals surface area contributed by atoms with Crippen molar-refractivity contribution in [1.29, 1.82) is 0 Å². The van der Waals surface area contributed by atoms with Crippen LogP contribution in [-0.4, -0.2) is 35.9 Å². The minimum Gasteiger partial charge on any atom is -0.368 e. The molecule has 1 unspecified atom stereocenters. The normalized spacial score (nSPS) is 18.3. The average molecular weight is 278 g/mol. The van der Waals surface area contributed by atoms with Crippen molar-refractivity contribution in [3.05, 3.63) is 29.8 Å². The number of benzene rings is 1. The zero-order valence-electron chi connectivity index (χ0n) is 11.0. The van der Waals surface area contributed by atoms with Gasteiger partial charge in [-0.05, 0) is 24.0 Å². The molecule has 1 aliphatic rings. The van der Waals surface area contributed by atoms with E-state index in [1.807, 2.05) is 35.4 Å². The Morgan fingerprint density at radius 1 is 1.26 bits per heavy atom. The predicted molar refractivity (Wildman–Crippen MR) is 76.0 cm³/mol. The molecule has 1 heterocycles. The van der Waals surface area contributed by atoms with Crippen molar-refractivity contribution in [2.75, 3.05) is 19.3 Å². The highest BCUT2D eigenvalue weighted by Gasteiger charge is 2.28. The summed E-state index contributed by atoms with van der Waals surface area (Å²) in [4.78, 5) is 26.2. The number of likely N-dealkylation sites (tertiary alicyclic amines) is 1. The average Bonchev–Trinajstić information content (AvgIpc) is 2.42. The van der Waals surface area contributed by atoms with Crippen molar-refractivity contribution >= 4 is 23.5 Å². The molecule has 1 amide bonds. The molecule has 1 atom stereocenters. The van der Waals surface area contributed by atoms with E-state index in [1.165, 1.54) is 0 Å². The lowest BCUT2D eigenvalue weighted by molar-refractivity contribution is -0.128. The third kappa shape index (κ3) is 3.36. The van der Waals surface area contributed by atoms with Crippen LogP contribution in [-0.2, 0) is 9.59 Å². The summed E-state index contributed by atoms with van der Waals surface area (Å²) in [5.41, 5.74) is 6.44. The molecule has 1 aliphatic heterocycles. The predicted octanol–water partition coefficient (Wildman–Crippen LogP) is 1.60. The SMILES string of the molecule is CSc1ccc(C(C(N)=O)N2CCC(=O)CC2)cc1. The first-order valence-corrected chi connectivity index (χ1v) is 7.53. The molecule has 4 nitrogen and oxygen atoms in total. The topological polar surface area (TPSA) is 63.4 Å². The summed E-state index contributed by atoms with van der Waals surface area (Å²) in [6, 6.07) is 7.44. The minimum absolute atomic E-state index is 0.261. The number of carbonyl (C=O) groups is 2.